The molecule has 1 aromatic heterocycles. The normalized spacial score (nSPS) is 12.6. The van der Waals surface area contributed by atoms with E-state index in [1.54, 1.807) is 0 Å². The molecule has 0 unspecified atom stereocenters. The number of nitrogens with one attached hydrogen (secondary N) is 1. The Morgan fingerprint density at radius 3 is 2.50 bits per heavy atom. The molecule has 1 N–H and O–H groups in total. The smallest absolute Gasteiger partial charge is 0.151 e. The number of hydrogen-bond acceptors (Lipinski definition) is 5. The minimum Gasteiger partial charge on any atom is -0.360 e. The summed E-state index contributed by atoms with van der Waals surface area (Å²) in [4.78, 5) is 4.48. The second kappa shape index (κ2) is 7.76. The van der Waals surface area contributed by atoms with Gasteiger partial charge in [0.15, 0.2) is 5.76 Å². The lowest BCUT2D eigenvalue weighted by Gasteiger charge is -2.19. The fourth-order valence-corrected chi connectivity index (χ4v) is 1.87. The molecule has 0 fully saturated rings. The predicted octanol–water partition coefficient (Wildman–Crippen LogP) is 1.95. The Kier molecular flexibility index (Phi) is 6.65. The molecule has 0 aliphatic heterocycles. The molecule has 0 saturated heterocycles. The molecule has 0 bridgehead atoms. The van der Waals surface area contributed by atoms with E-state index in [0.29, 0.717) is 0 Å². The summed E-state index contributed by atoms with van der Waals surface area (Å²) in [6, 6.07) is 2.04. The van der Waals surface area contributed by atoms with Gasteiger partial charge in [0.05, 0.1) is 12.2 Å². The first kappa shape index (κ1) is 17.1. The first-order valence-electron chi connectivity index (χ1n) is 7.29. The van der Waals surface area contributed by atoms with Crippen LogP contribution in [0.3, 0.4) is 0 Å². The van der Waals surface area contributed by atoms with Crippen molar-refractivity contribution in [1.82, 2.24) is 20.3 Å². The van der Waals surface area contributed by atoms with Gasteiger partial charge < -0.3 is 14.7 Å². The quantitative estimate of drug-likeness (QED) is 0.789. The lowest BCUT2D eigenvalue weighted by atomic mass is 10.1. The molecule has 5 nitrogen and oxygen atoms in total. The zero-order chi connectivity index (χ0) is 15.2. The van der Waals surface area contributed by atoms with Gasteiger partial charge in [-0.2, -0.15) is 0 Å². The van der Waals surface area contributed by atoms with Gasteiger partial charge in [-0.25, -0.2) is 0 Å². The van der Waals surface area contributed by atoms with Crippen LogP contribution in [0.25, 0.3) is 0 Å². The molecule has 20 heavy (non-hydrogen) atoms. The molecule has 0 atom stereocenters. The lowest BCUT2D eigenvalue weighted by molar-refractivity contribution is 0.257. The monoisotopic (exact) mass is 282 g/mol. The zero-order valence-electron chi connectivity index (χ0n) is 13.9. The molecule has 1 rings (SSSR count). The summed E-state index contributed by atoms with van der Waals surface area (Å²) in [7, 11) is 6.32. The van der Waals surface area contributed by atoms with Crippen molar-refractivity contribution in [3.05, 3.63) is 17.5 Å². The van der Waals surface area contributed by atoms with E-state index in [2.05, 4.69) is 62.2 Å². The molecule has 0 aliphatic carbocycles. The van der Waals surface area contributed by atoms with Crippen molar-refractivity contribution in [3.8, 4) is 0 Å². The number of aromatic nitrogens is 1. The van der Waals surface area contributed by atoms with Crippen molar-refractivity contribution in [2.75, 3.05) is 34.2 Å². The van der Waals surface area contributed by atoms with Crippen LogP contribution in [0, 0.1) is 0 Å². The number of hydrogen-bond donors (Lipinski definition) is 1. The third-order valence-electron chi connectivity index (χ3n) is 2.98. The fraction of sp³-hybridized carbons (Fsp3) is 0.800. The number of nitrogens with zero attached hydrogens (tertiary/aromatic N) is 3. The molecule has 0 aromatic carbocycles. The summed E-state index contributed by atoms with van der Waals surface area (Å²) in [5.41, 5.74) is 1.07. The summed E-state index contributed by atoms with van der Waals surface area (Å²) in [5.74, 6) is 0.933. The molecule has 0 aliphatic rings. The Labute approximate surface area is 123 Å². The largest absolute Gasteiger partial charge is 0.360 e. The molecule has 5 heteroatoms. The summed E-state index contributed by atoms with van der Waals surface area (Å²) >= 11 is 0. The summed E-state index contributed by atoms with van der Waals surface area (Å²) in [5, 5.41) is 7.52. The Morgan fingerprint density at radius 2 is 1.90 bits per heavy atom. The average molecular weight is 282 g/mol. The van der Waals surface area contributed by atoms with Gasteiger partial charge in [0, 0.05) is 18.2 Å². The molecule has 0 saturated carbocycles. The number of rotatable bonds is 8. The molecular formula is C15H30N4O. The maximum atomic E-state index is 5.39. The average Bonchev–Trinajstić information content (AvgIpc) is 2.72. The highest BCUT2D eigenvalue weighted by molar-refractivity contribution is 5.05. The van der Waals surface area contributed by atoms with Crippen LogP contribution in [0.5, 0.6) is 0 Å². The molecule has 1 heterocycles. The van der Waals surface area contributed by atoms with Crippen molar-refractivity contribution >= 4 is 0 Å². The van der Waals surface area contributed by atoms with Crippen LogP contribution >= 0.6 is 0 Å². The van der Waals surface area contributed by atoms with Gasteiger partial charge in [-0.05, 0) is 61.4 Å². The molecule has 1 aromatic rings. The molecule has 116 valence electrons. The van der Waals surface area contributed by atoms with Crippen molar-refractivity contribution in [2.45, 2.75) is 45.8 Å². The molecule has 0 amide bonds. The summed E-state index contributed by atoms with van der Waals surface area (Å²) in [6.07, 6.45) is 1.16. The lowest BCUT2D eigenvalue weighted by Crippen LogP contribution is -2.35. The Bertz CT molecular complexity index is 381. The van der Waals surface area contributed by atoms with Crippen LogP contribution in [-0.4, -0.2) is 54.7 Å². The van der Waals surface area contributed by atoms with Gasteiger partial charge >= 0.3 is 0 Å². The Balaban J connectivity index is 2.32. The highest BCUT2D eigenvalue weighted by Gasteiger charge is 2.11. The SMILES string of the molecule is CN(C)CCCN(C)Cc1cc(CNC(C)(C)C)no1. The summed E-state index contributed by atoms with van der Waals surface area (Å²) in [6.45, 7) is 10.2. The van der Waals surface area contributed by atoms with Crippen molar-refractivity contribution in [1.29, 1.82) is 0 Å². The maximum absolute atomic E-state index is 5.39. The van der Waals surface area contributed by atoms with Crippen LogP contribution < -0.4 is 5.32 Å². The molecule has 0 radical (unpaired) electrons. The van der Waals surface area contributed by atoms with Gasteiger partial charge in [-0.3, -0.25) is 4.90 Å². The van der Waals surface area contributed by atoms with E-state index in [1.165, 1.54) is 0 Å². The minimum absolute atomic E-state index is 0.0993. The van der Waals surface area contributed by atoms with Crippen LogP contribution in [0.1, 0.15) is 38.6 Å². The Morgan fingerprint density at radius 1 is 1.20 bits per heavy atom. The predicted molar refractivity (Wildman–Crippen MR) is 82.6 cm³/mol. The Hall–Kier alpha value is -0.910. The molecular weight excluding hydrogens is 252 g/mol. The third kappa shape index (κ3) is 7.62. The minimum atomic E-state index is 0.0993. The van der Waals surface area contributed by atoms with Crippen molar-refractivity contribution in [3.63, 3.8) is 0 Å². The van der Waals surface area contributed by atoms with Gasteiger partial charge in [0.25, 0.3) is 0 Å². The van der Waals surface area contributed by atoms with E-state index in [1.807, 2.05) is 6.07 Å². The van der Waals surface area contributed by atoms with E-state index in [-0.39, 0.29) is 5.54 Å². The fourth-order valence-electron chi connectivity index (χ4n) is 1.87. The highest BCUT2D eigenvalue weighted by Crippen LogP contribution is 2.08. The van der Waals surface area contributed by atoms with E-state index >= 15 is 0 Å². The zero-order valence-corrected chi connectivity index (χ0v) is 13.9. The van der Waals surface area contributed by atoms with Gasteiger partial charge in [-0.1, -0.05) is 5.16 Å². The van der Waals surface area contributed by atoms with Crippen LogP contribution in [0.2, 0.25) is 0 Å². The second-order valence-corrected chi connectivity index (χ2v) is 6.78. The van der Waals surface area contributed by atoms with E-state index in [0.717, 1.165) is 44.1 Å². The van der Waals surface area contributed by atoms with Crippen LogP contribution in [0.4, 0.5) is 0 Å². The standard InChI is InChI=1S/C15H30N4O/c1-15(2,3)16-11-13-10-14(20-17-13)12-19(6)9-7-8-18(4)5/h10,16H,7-9,11-12H2,1-6H3. The van der Waals surface area contributed by atoms with Crippen LogP contribution in [-0.2, 0) is 13.1 Å². The van der Waals surface area contributed by atoms with E-state index < -0.39 is 0 Å². The third-order valence-corrected chi connectivity index (χ3v) is 2.98. The molecule has 0 spiro atoms. The first-order chi connectivity index (χ1) is 9.26. The van der Waals surface area contributed by atoms with E-state index in [4.69, 9.17) is 4.52 Å². The van der Waals surface area contributed by atoms with Crippen LogP contribution in [0.15, 0.2) is 10.6 Å². The van der Waals surface area contributed by atoms with Gasteiger partial charge in [0.1, 0.15) is 0 Å². The van der Waals surface area contributed by atoms with Gasteiger partial charge in [0.2, 0.25) is 0 Å². The summed E-state index contributed by atoms with van der Waals surface area (Å²) < 4.78 is 5.39. The van der Waals surface area contributed by atoms with Crippen molar-refractivity contribution in [2.24, 2.45) is 0 Å². The van der Waals surface area contributed by atoms with Crippen molar-refractivity contribution < 1.29 is 4.52 Å². The topological polar surface area (TPSA) is 44.5 Å². The highest BCUT2D eigenvalue weighted by atomic mass is 16.5. The maximum Gasteiger partial charge on any atom is 0.151 e. The van der Waals surface area contributed by atoms with Gasteiger partial charge in [-0.15, -0.1) is 0 Å². The second-order valence-electron chi connectivity index (χ2n) is 6.78. The first-order valence-corrected chi connectivity index (χ1v) is 7.29. The van der Waals surface area contributed by atoms with E-state index in [9.17, 15) is 0 Å².